The fourth-order valence-electron chi connectivity index (χ4n) is 1.90. The molecule has 6 heteroatoms. The number of hydrogen-bond donors (Lipinski definition) is 2. The molecule has 1 aromatic heterocycles. The zero-order valence-corrected chi connectivity index (χ0v) is 12.9. The van der Waals surface area contributed by atoms with E-state index in [0.29, 0.717) is 24.5 Å². The lowest BCUT2D eigenvalue weighted by Crippen LogP contribution is -2.18. The normalized spacial score (nSPS) is 10.6. The Labute approximate surface area is 127 Å². The second-order valence-corrected chi connectivity index (χ2v) is 5.82. The van der Waals surface area contributed by atoms with Gasteiger partial charge in [-0.3, -0.25) is 4.79 Å². The molecular weight excluding hydrogens is 289 g/mol. The van der Waals surface area contributed by atoms with Crippen molar-refractivity contribution in [2.75, 3.05) is 18.9 Å². The fourth-order valence-corrected chi connectivity index (χ4v) is 2.91. The summed E-state index contributed by atoms with van der Waals surface area (Å²) in [7, 11) is 1.80. The molecule has 0 fully saturated rings. The third kappa shape index (κ3) is 4.61. The number of benzene rings is 1. The fraction of sp³-hybridized carbons (Fsp3) is 0.333. The number of aromatic nitrogens is 1. The maximum atomic E-state index is 13.2. The molecule has 112 valence electrons. The molecule has 0 unspecified atom stereocenters. The first-order valence-corrected chi connectivity index (χ1v) is 7.55. The van der Waals surface area contributed by atoms with Crippen molar-refractivity contribution in [3.05, 3.63) is 46.2 Å². The summed E-state index contributed by atoms with van der Waals surface area (Å²) in [6.07, 6.45) is 1.03. The van der Waals surface area contributed by atoms with E-state index in [0.717, 1.165) is 16.1 Å². The Balaban J connectivity index is 2.03. The molecule has 0 aliphatic rings. The van der Waals surface area contributed by atoms with Gasteiger partial charge in [0.1, 0.15) is 5.82 Å². The van der Waals surface area contributed by atoms with Gasteiger partial charge in [0.25, 0.3) is 0 Å². The van der Waals surface area contributed by atoms with Crippen molar-refractivity contribution in [1.29, 1.82) is 0 Å². The van der Waals surface area contributed by atoms with Gasteiger partial charge >= 0.3 is 0 Å². The van der Waals surface area contributed by atoms with Gasteiger partial charge in [-0.25, -0.2) is 9.37 Å². The number of nitrogens with zero attached hydrogens (tertiary/aromatic N) is 1. The minimum absolute atomic E-state index is 0.0598. The number of halogens is 1. The lowest BCUT2D eigenvalue weighted by atomic mass is 10.1. The van der Waals surface area contributed by atoms with Crippen LogP contribution in [0, 0.1) is 12.7 Å². The summed E-state index contributed by atoms with van der Waals surface area (Å²) in [5.41, 5.74) is 1.77. The molecule has 21 heavy (non-hydrogen) atoms. The van der Waals surface area contributed by atoms with Crippen LogP contribution in [0.3, 0.4) is 0 Å². The molecule has 0 saturated heterocycles. The van der Waals surface area contributed by atoms with E-state index in [2.05, 4.69) is 15.6 Å². The molecule has 2 rings (SSSR count). The maximum Gasteiger partial charge on any atom is 0.227 e. The number of anilines is 1. The van der Waals surface area contributed by atoms with Crippen molar-refractivity contribution in [3.63, 3.8) is 0 Å². The SMILES string of the molecule is CNCCC(=O)Nc1nc(C)c(Cc2cccc(F)c2)s1. The summed E-state index contributed by atoms with van der Waals surface area (Å²) >= 11 is 1.44. The zero-order chi connectivity index (χ0) is 15.2. The van der Waals surface area contributed by atoms with Crippen LogP contribution in [-0.4, -0.2) is 24.5 Å². The Morgan fingerprint density at radius 3 is 2.95 bits per heavy atom. The third-order valence-electron chi connectivity index (χ3n) is 2.99. The molecule has 0 aliphatic carbocycles. The van der Waals surface area contributed by atoms with E-state index in [-0.39, 0.29) is 11.7 Å². The van der Waals surface area contributed by atoms with Gasteiger partial charge in [-0.15, -0.1) is 11.3 Å². The molecule has 1 heterocycles. The van der Waals surface area contributed by atoms with Gasteiger partial charge in [0.05, 0.1) is 5.69 Å². The van der Waals surface area contributed by atoms with E-state index >= 15 is 0 Å². The van der Waals surface area contributed by atoms with Crippen molar-refractivity contribution in [2.45, 2.75) is 19.8 Å². The smallest absolute Gasteiger partial charge is 0.227 e. The Kier molecular flexibility index (Phi) is 5.41. The van der Waals surface area contributed by atoms with Gasteiger partial charge in [0.15, 0.2) is 5.13 Å². The zero-order valence-electron chi connectivity index (χ0n) is 12.1. The van der Waals surface area contributed by atoms with Crippen LogP contribution in [-0.2, 0) is 11.2 Å². The molecule has 1 aromatic carbocycles. The number of carbonyl (C=O) groups is 1. The predicted octanol–water partition coefficient (Wildman–Crippen LogP) is 2.73. The second kappa shape index (κ2) is 7.28. The lowest BCUT2D eigenvalue weighted by molar-refractivity contribution is -0.116. The van der Waals surface area contributed by atoms with Crippen LogP contribution in [0.4, 0.5) is 9.52 Å². The van der Waals surface area contributed by atoms with Crippen LogP contribution in [0.1, 0.15) is 22.6 Å². The standard InChI is InChI=1S/C15H18FN3OS/c1-10-13(9-11-4-3-5-12(16)8-11)21-15(18-10)19-14(20)6-7-17-2/h3-5,8,17H,6-7,9H2,1-2H3,(H,18,19,20). The first kappa shape index (κ1) is 15.6. The molecule has 0 atom stereocenters. The number of rotatable bonds is 6. The molecule has 2 N–H and O–H groups in total. The monoisotopic (exact) mass is 307 g/mol. The average Bonchev–Trinajstić information content (AvgIpc) is 2.76. The molecule has 0 radical (unpaired) electrons. The van der Waals surface area contributed by atoms with E-state index in [4.69, 9.17) is 0 Å². The number of nitrogens with one attached hydrogen (secondary N) is 2. The van der Waals surface area contributed by atoms with Gasteiger partial charge in [-0.2, -0.15) is 0 Å². The molecular formula is C15H18FN3OS. The predicted molar refractivity (Wildman–Crippen MR) is 83.2 cm³/mol. The van der Waals surface area contributed by atoms with E-state index in [1.165, 1.54) is 23.5 Å². The highest BCUT2D eigenvalue weighted by molar-refractivity contribution is 7.15. The first-order valence-electron chi connectivity index (χ1n) is 6.73. The average molecular weight is 307 g/mol. The number of thiazole rings is 1. The van der Waals surface area contributed by atoms with E-state index < -0.39 is 0 Å². The molecule has 4 nitrogen and oxygen atoms in total. The van der Waals surface area contributed by atoms with E-state index in [1.54, 1.807) is 13.1 Å². The van der Waals surface area contributed by atoms with Gasteiger partial charge < -0.3 is 10.6 Å². The highest BCUT2D eigenvalue weighted by atomic mass is 32.1. The van der Waals surface area contributed by atoms with Crippen molar-refractivity contribution >= 4 is 22.4 Å². The van der Waals surface area contributed by atoms with Crippen molar-refractivity contribution < 1.29 is 9.18 Å². The van der Waals surface area contributed by atoms with Crippen molar-refractivity contribution in [3.8, 4) is 0 Å². The highest BCUT2D eigenvalue weighted by Crippen LogP contribution is 2.25. The topological polar surface area (TPSA) is 54.0 Å². The summed E-state index contributed by atoms with van der Waals surface area (Å²) in [6, 6.07) is 6.52. The molecule has 0 aliphatic heterocycles. The minimum atomic E-state index is -0.240. The van der Waals surface area contributed by atoms with Gasteiger partial charge in [-0.1, -0.05) is 12.1 Å². The Bertz CT molecular complexity index is 627. The number of amides is 1. The first-order chi connectivity index (χ1) is 10.1. The van der Waals surface area contributed by atoms with Crippen LogP contribution in [0.2, 0.25) is 0 Å². The van der Waals surface area contributed by atoms with E-state index in [1.807, 2.05) is 13.0 Å². The molecule has 0 saturated carbocycles. The third-order valence-corrected chi connectivity index (χ3v) is 4.07. The summed E-state index contributed by atoms with van der Waals surface area (Å²) in [5.74, 6) is -0.300. The quantitative estimate of drug-likeness (QED) is 0.863. The number of carbonyl (C=O) groups excluding carboxylic acids is 1. The summed E-state index contributed by atoms with van der Waals surface area (Å²) in [4.78, 5) is 17.0. The molecule has 0 bridgehead atoms. The minimum Gasteiger partial charge on any atom is -0.319 e. The van der Waals surface area contributed by atoms with Crippen LogP contribution in [0.5, 0.6) is 0 Å². The summed E-state index contributed by atoms with van der Waals surface area (Å²) in [6.45, 7) is 2.53. The Morgan fingerprint density at radius 1 is 1.43 bits per heavy atom. The summed E-state index contributed by atoms with van der Waals surface area (Å²) < 4.78 is 13.2. The Morgan fingerprint density at radius 2 is 2.24 bits per heavy atom. The van der Waals surface area contributed by atoms with E-state index in [9.17, 15) is 9.18 Å². The second-order valence-electron chi connectivity index (χ2n) is 4.74. The number of hydrogen-bond acceptors (Lipinski definition) is 4. The van der Waals surface area contributed by atoms with Gasteiger partial charge in [0.2, 0.25) is 5.91 Å². The lowest BCUT2D eigenvalue weighted by Gasteiger charge is -2.00. The number of aryl methyl sites for hydroxylation is 1. The van der Waals surface area contributed by atoms with Crippen LogP contribution in [0.25, 0.3) is 0 Å². The Hall–Kier alpha value is -1.79. The van der Waals surface area contributed by atoms with Gasteiger partial charge in [-0.05, 0) is 31.7 Å². The molecule has 1 amide bonds. The van der Waals surface area contributed by atoms with Crippen LogP contribution >= 0.6 is 11.3 Å². The van der Waals surface area contributed by atoms with Crippen molar-refractivity contribution in [1.82, 2.24) is 10.3 Å². The largest absolute Gasteiger partial charge is 0.319 e. The maximum absolute atomic E-state index is 13.2. The van der Waals surface area contributed by atoms with Crippen molar-refractivity contribution in [2.24, 2.45) is 0 Å². The van der Waals surface area contributed by atoms with Gasteiger partial charge in [0, 0.05) is 24.3 Å². The molecule has 2 aromatic rings. The summed E-state index contributed by atoms with van der Waals surface area (Å²) in [5, 5.41) is 6.31. The highest BCUT2D eigenvalue weighted by Gasteiger charge is 2.11. The van der Waals surface area contributed by atoms with Crippen LogP contribution < -0.4 is 10.6 Å². The molecule has 0 spiro atoms. The van der Waals surface area contributed by atoms with Crippen LogP contribution in [0.15, 0.2) is 24.3 Å².